The molecule has 4 heteroatoms. The summed E-state index contributed by atoms with van der Waals surface area (Å²) < 4.78 is 5.71. The molecule has 0 radical (unpaired) electrons. The highest BCUT2D eigenvalue weighted by atomic mass is 35.5. The first-order chi connectivity index (χ1) is 8.19. The van der Waals surface area contributed by atoms with Crippen LogP contribution in [0.1, 0.15) is 5.56 Å². The molecule has 0 unspecified atom stereocenters. The summed E-state index contributed by atoms with van der Waals surface area (Å²) in [6, 6.07) is 12.5. The van der Waals surface area contributed by atoms with Gasteiger partial charge in [-0.3, -0.25) is 0 Å². The predicted octanol–water partition coefficient (Wildman–Crippen LogP) is 5.52. The molecule has 2 aromatic carbocycles. The first kappa shape index (κ1) is 12.6. The van der Waals surface area contributed by atoms with Gasteiger partial charge in [-0.2, -0.15) is 0 Å². The quantitative estimate of drug-likeness (QED) is 0.675. The minimum atomic E-state index is 0.375. The van der Waals surface area contributed by atoms with Crippen molar-refractivity contribution >= 4 is 34.8 Å². The van der Waals surface area contributed by atoms with Crippen molar-refractivity contribution in [3.8, 4) is 11.5 Å². The lowest BCUT2D eigenvalue weighted by molar-refractivity contribution is 0.478. The van der Waals surface area contributed by atoms with Gasteiger partial charge in [0.05, 0.1) is 5.88 Å². The van der Waals surface area contributed by atoms with E-state index >= 15 is 0 Å². The second-order valence-electron chi connectivity index (χ2n) is 3.44. The fourth-order valence-corrected chi connectivity index (χ4v) is 1.87. The number of rotatable bonds is 3. The third-order valence-electron chi connectivity index (χ3n) is 2.21. The zero-order valence-electron chi connectivity index (χ0n) is 8.79. The molecule has 0 aliphatic rings. The Morgan fingerprint density at radius 3 is 2.18 bits per heavy atom. The van der Waals surface area contributed by atoms with Gasteiger partial charge < -0.3 is 4.74 Å². The highest BCUT2D eigenvalue weighted by Crippen LogP contribution is 2.30. The molecule has 0 aliphatic heterocycles. The summed E-state index contributed by atoms with van der Waals surface area (Å²) in [4.78, 5) is 0. The summed E-state index contributed by atoms with van der Waals surface area (Å²) in [6.45, 7) is 0. The van der Waals surface area contributed by atoms with Crippen LogP contribution in [0.3, 0.4) is 0 Å². The van der Waals surface area contributed by atoms with Crippen LogP contribution in [-0.4, -0.2) is 0 Å². The molecule has 0 bridgehead atoms. The largest absolute Gasteiger partial charge is 0.457 e. The van der Waals surface area contributed by atoms with Crippen molar-refractivity contribution < 1.29 is 4.74 Å². The molecule has 0 saturated carbocycles. The van der Waals surface area contributed by atoms with Gasteiger partial charge in [0.2, 0.25) is 0 Å². The summed E-state index contributed by atoms with van der Waals surface area (Å²) in [6.07, 6.45) is 0. The van der Waals surface area contributed by atoms with E-state index in [1.165, 1.54) is 0 Å². The van der Waals surface area contributed by atoms with Crippen LogP contribution in [0.25, 0.3) is 0 Å². The Kier molecular flexibility index (Phi) is 4.16. The average molecular weight is 288 g/mol. The van der Waals surface area contributed by atoms with E-state index in [0.29, 0.717) is 27.4 Å². The lowest BCUT2D eigenvalue weighted by Crippen LogP contribution is -1.89. The van der Waals surface area contributed by atoms with Crippen LogP contribution in [0, 0.1) is 0 Å². The Bertz CT molecular complexity index is 509. The van der Waals surface area contributed by atoms with Crippen LogP contribution >= 0.6 is 34.8 Å². The van der Waals surface area contributed by atoms with Gasteiger partial charge >= 0.3 is 0 Å². The van der Waals surface area contributed by atoms with E-state index < -0.39 is 0 Å². The molecule has 2 rings (SSSR count). The lowest BCUT2D eigenvalue weighted by atomic mass is 10.2. The van der Waals surface area contributed by atoms with Gasteiger partial charge in [-0.05, 0) is 36.4 Å². The molecule has 0 spiro atoms. The van der Waals surface area contributed by atoms with Crippen LogP contribution in [0.15, 0.2) is 42.5 Å². The van der Waals surface area contributed by atoms with Crippen molar-refractivity contribution in [1.29, 1.82) is 0 Å². The van der Waals surface area contributed by atoms with Crippen molar-refractivity contribution in [2.24, 2.45) is 0 Å². The van der Waals surface area contributed by atoms with Gasteiger partial charge in [0.25, 0.3) is 0 Å². The Morgan fingerprint density at radius 1 is 0.882 bits per heavy atom. The van der Waals surface area contributed by atoms with Crippen molar-refractivity contribution in [2.45, 2.75) is 5.88 Å². The van der Waals surface area contributed by atoms with Crippen molar-refractivity contribution in [3.63, 3.8) is 0 Å². The Morgan fingerprint density at radius 2 is 1.53 bits per heavy atom. The highest BCUT2D eigenvalue weighted by Gasteiger charge is 2.05. The molecule has 0 atom stereocenters. The van der Waals surface area contributed by atoms with E-state index in [1.54, 1.807) is 36.4 Å². The lowest BCUT2D eigenvalue weighted by Gasteiger charge is -2.09. The summed E-state index contributed by atoms with van der Waals surface area (Å²) in [5.74, 6) is 1.73. The normalized spacial score (nSPS) is 10.3. The van der Waals surface area contributed by atoms with Gasteiger partial charge in [-0.1, -0.05) is 29.3 Å². The molecule has 0 aromatic heterocycles. The number of halogens is 3. The van der Waals surface area contributed by atoms with Gasteiger partial charge in [-0.25, -0.2) is 0 Å². The van der Waals surface area contributed by atoms with Crippen LogP contribution in [-0.2, 0) is 5.88 Å². The molecule has 0 amide bonds. The molecule has 2 aromatic rings. The molecule has 0 fully saturated rings. The standard InChI is InChI=1S/C13H9Cl3O/c14-8-9-1-2-11(16)7-13(9)17-12-5-3-10(15)4-6-12/h1-7H,8H2. The van der Waals surface area contributed by atoms with Crippen molar-refractivity contribution in [3.05, 3.63) is 58.1 Å². The van der Waals surface area contributed by atoms with Gasteiger partial charge in [0.1, 0.15) is 11.5 Å². The smallest absolute Gasteiger partial charge is 0.133 e. The fraction of sp³-hybridized carbons (Fsp3) is 0.0769. The van der Waals surface area contributed by atoms with E-state index in [2.05, 4.69) is 0 Å². The van der Waals surface area contributed by atoms with E-state index in [-0.39, 0.29) is 0 Å². The van der Waals surface area contributed by atoms with Gasteiger partial charge in [0.15, 0.2) is 0 Å². The maximum atomic E-state index is 5.92. The molecule has 0 saturated heterocycles. The topological polar surface area (TPSA) is 9.23 Å². The maximum absolute atomic E-state index is 5.92. The number of ether oxygens (including phenoxy) is 1. The maximum Gasteiger partial charge on any atom is 0.133 e. The molecule has 0 N–H and O–H groups in total. The first-order valence-electron chi connectivity index (χ1n) is 4.97. The van der Waals surface area contributed by atoms with Crippen molar-refractivity contribution in [1.82, 2.24) is 0 Å². The Labute approximate surface area is 115 Å². The van der Waals surface area contributed by atoms with Gasteiger partial charge in [-0.15, -0.1) is 11.6 Å². The summed E-state index contributed by atoms with van der Waals surface area (Å²) in [5.41, 5.74) is 0.894. The molecular weight excluding hydrogens is 279 g/mol. The highest BCUT2D eigenvalue weighted by molar-refractivity contribution is 6.31. The van der Waals surface area contributed by atoms with Crippen LogP contribution in [0.5, 0.6) is 11.5 Å². The molecule has 0 aliphatic carbocycles. The number of hydrogen-bond donors (Lipinski definition) is 0. The van der Waals surface area contributed by atoms with Crippen LogP contribution in [0.2, 0.25) is 10.0 Å². The Hall–Kier alpha value is -0.890. The Balaban J connectivity index is 2.28. The second-order valence-corrected chi connectivity index (χ2v) is 4.58. The zero-order chi connectivity index (χ0) is 12.3. The minimum Gasteiger partial charge on any atom is -0.457 e. The van der Waals surface area contributed by atoms with E-state index in [0.717, 1.165) is 5.56 Å². The average Bonchev–Trinajstić information content (AvgIpc) is 2.32. The summed E-state index contributed by atoms with van der Waals surface area (Å²) in [5, 5.41) is 1.28. The monoisotopic (exact) mass is 286 g/mol. The predicted molar refractivity (Wildman–Crippen MR) is 72.5 cm³/mol. The number of benzene rings is 2. The number of alkyl halides is 1. The third-order valence-corrected chi connectivity index (χ3v) is 2.99. The second kappa shape index (κ2) is 5.63. The molecular formula is C13H9Cl3O. The third kappa shape index (κ3) is 3.29. The zero-order valence-corrected chi connectivity index (χ0v) is 11.1. The molecule has 17 heavy (non-hydrogen) atoms. The van der Waals surface area contributed by atoms with E-state index in [9.17, 15) is 0 Å². The SMILES string of the molecule is ClCc1ccc(Cl)cc1Oc1ccc(Cl)cc1. The first-order valence-corrected chi connectivity index (χ1v) is 6.26. The van der Waals surface area contributed by atoms with Gasteiger partial charge in [0, 0.05) is 15.6 Å². The molecule has 1 nitrogen and oxygen atoms in total. The molecule has 0 heterocycles. The summed E-state index contributed by atoms with van der Waals surface area (Å²) in [7, 11) is 0. The minimum absolute atomic E-state index is 0.375. The summed E-state index contributed by atoms with van der Waals surface area (Å²) >= 11 is 17.6. The fourth-order valence-electron chi connectivity index (χ4n) is 1.36. The van der Waals surface area contributed by atoms with Crippen LogP contribution < -0.4 is 4.74 Å². The molecule has 88 valence electrons. The van der Waals surface area contributed by atoms with Crippen molar-refractivity contribution in [2.75, 3.05) is 0 Å². The van der Waals surface area contributed by atoms with Crippen LogP contribution in [0.4, 0.5) is 0 Å². The van der Waals surface area contributed by atoms with E-state index in [4.69, 9.17) is 39.5 Å². The number of hydrogen-bond acceptors (Lipinski definition) is 1. The van der Waals surface area contributed by atoms with E-state index in [1.807, 2.05) is 6.07 Å².